The molecule has 4 aromatic rings. The number of hydrogen-bond acceptors (Lipinski definition) is 6. The van der Waals surface area contributed by atoms with E-state index in [4.69, 9.17) is 21.4 Å². The maximum atomic E-state index is 11.2. The number of nitro benzene ring substituents is 1. The maximum absolute atomic E-state index is 11.2. The standard InChI is InChI=1S/C26H22N4O4S/c1-33-20-10-8-17(9-11-20)16-29-25(24(28-26(29)35)21-7-2-3-14-27-21)23-13-12-22(34-23)18-5-4-6-19(15-18)30(31)32/h2-15,24-25H,16H2,1H3,(H,28,35)/t24-,25+/m0/s1. The molecular formula is C26H22N4O4S. The number of non-ortho nitro benzene ring substituents is 1. The number of pyridine rings is 1. The SMILES string of the molecule is COc1ccc(CN2C(=S)N[C@@H](c3ccccn3)[C@H]2c2ccc(-c3cccc([N+](=O)[O-])c3)o2)cc1. The van der Waals surface area contributed by atoms with E-state index in [-0.39, 0.29) is 17.8 Å². The van der Waals surface area contributed by atoms with Crippen LogP contribution in [0.4, 0.5) is 5.69 Å². The number of thiocarbonyl (C=S) groups is 1. The molecule has 9 heteroatoms. The number of nitrogens with zero attached hydrogens (tertiary/aromatic N) is 3. The molecule has 0 spiro atoms. The molecule has 3 heterocycles. The third-order valence-corrected chi connectivity index (χ3v) is 6.32. The van der Waals surface area contributed by atoms with Crippen LogP contribution < -0.4 is 10.1 Å². The summed E-state index contributed by atoms with van der Waals surface area (Å²) in [6.07, 6.45) is 1.75. The summed E-state index contributed by atoms with van der Waals surface area (Å²) in [5.41, 5.74) is 2.55. The number of rotatable bonds is 7. The van der Waals surface area contributed by atoms with E-state index in [0.717, 1.165) is 17.0 Å². The zero-order chi connectivity index (χ0) is 24.4. The minimum absolute atomic E-state index is 0.0108. The Morgan fingerprint density at radius 1 is 1.11 bits per heavy atom. The van der Waals surface area contributed by atoms with Crippen LogP contribution >= 0.6 is 12.2 Å². The smallest absolute Gasteiger partial charge is 0.270 e. The average molecular weight is 487 g/mol. The Labute approximate surface area is 207 Å². The fourth-order valence-electron chi connectivity index (χ4n) is 4.25. The first-order valence-corrected chi connectivity index (χ1v) is 11.4. The minimum Gasteiger partial charge on any atom is -0.497 e. The molecule has 0 saturated carbocycles. The minimum atomic E-state index is -0.416. The van der Waals surface area contributed by atoms with Crippen molar-refractivity contribution in [2.24, 2.45) is 0 Å². The topological polar surface area (TPSA) is 93.7 Å². The van der Waals surface area contributed by atoms with E-state index in [2.05, 4.69) is 15.2 Å². The van der Waals surface area contributed by atoms with E-state index in [9.17, 15) is 10.1 Å². The van der Waals surface area contributed by atoms with E-state index < -0.39 is 4.92 Å². The van der Waals surface area contributed by atoms with Gasteiger partial charge >= 0.3 is 0 Å². The van der Waals surface area contributed by atoms with Gasteiger partial charge in [0.25, 0.3) is 5.69 Å². The molecule has 0 amide bonds. The number of ether oxygens (including phenoxy) is 1. The summed E-state index contributed by atoms with van der Waals surface area (Å²) in [4.78, 5) is 17.4. The lowest BCUT2D eigenvalue weighted by atomic mass is 10.0. The summed E-state index contributed by atoms with van der Waals surface area (Å²) >= 11 is 5.73. The number of benzene rings is 2. The zero-order valence-corrected chi connectivity index (χ0v) is 19.6. The van der Waals surface area contributed by atoms with Crippen LogP contribution in [-0.4, -0.2) is 27.0 Å². The van der Waals surface area contributed by atoms with Crippen molar-refractivity contribution in [2.45, 2.75) is 18.6 Å². The molecule has 2 atom stereocenters. The molecular weight excluding hydrogens is 464 g/mol. The summed E-state index contributed by atoms with van der Waals surface area (Å²) in [6, 6.07) is 23.2. The van der Waals surface area contributed by atoms with Gasteiger partial charge in [-0.3, -0.25) is 15.1 Å². The quantitative estimate of drug-likeness (QED) is 0.210. The van der Waals surface area contributed by atoms with Gasteiger partial charge in [0.05, 0.1) is 23.8 Å². The number of aromatic nitrogens is 1. The monoisotopic (exact) mass is 486 g/mol. The van der Waals surface area contributed by atoms with Crippen LogP contribution in [0.3, 0.4) is 0 Å². The third-order valence-electron chi connectivity index (χ3n) is 5.97. The summed E-state index contributed by atoms with van der Waals surface area (Å²) in [5, 5.41) is 15.2. The predicted molar refractivity (Wildman–Crippen MR) is 135 cm³/mol. The van der Waals surface area contributed by atoms with Crippen molar-refractivity contribution < 1.29 is 14.1 Å². The lowest BCUT2D eigenvalue weighted by molar-refractivity contribution is -0.384. The van der Waals surface area contributed by atoms with Crippen molar-refractivity contribution in [2.75, 3.05) is 7.11 Å². The molecule has 5 rings (SSSR count). The van der Waals surface area contributed by atoms with Crippen molar-refractivity contribution in [1.82, 2.24) is 15.2 Å². The molecule has 1 aliphatic heterocycles. The highest BCUT2D eigenvalue weighted by molar-refractivity contribution is 7.80. The molecule has 1 N–H and O–H groups in total. The Kier molecular flexibility index (Phi) is 6.15. The zero-order valence-electron chi connectivity index (χ0n) is 18.8. The van der Waals surface area contributed by atoms with E-state index in [1.54, 1.807) is 25.4 Å². The molecule has 8 nitrogen and oxygen atoms in total. The molecule has 1 fully saturated rings. The molecule has 176 valence electrons. The van der Waals surface area contributed by atoms with Gasteiger partial charge in [0.15, 0.2) is 5.11 Å². The summed E-state index contributed by atoms with van der Waals surface area (Å²) in [7, 11) is 1.64. The molecule has 1 aliphatic rings. The number of furan rings is 1. The molecule has 0 aliphatic carbocycles. The molecule has 2 aromatic carbocycles. The van der Waals surface area contributed by atoms with Gasteiger partial charge < -0.3 is 19.4 Å². The molecule has 0 unspecified atom stereocenters. The average Bonchev–Trinajstić information content (AvgIpc) is 3.50. The van der Waals surface area contributed by atoms with E-state index in [1.165, 1.54) is 12.1 Å². The lowest BCUT2D eigenvalue weighted by Gasteiger charge is -2.26. The molecule has 35 heavy (non-hydrogen) atoms. The van der Waals surface area contributed by atoms with Crippen LogP contribution in [0, 0.1) is 10.1 Å². The first-order valence-electron chi connectivity index (χ1n) is 11.0. The summed E-state index contributed by atoms with van der Waals surface area (Å²) in [5.74, 6) is 2.01. The molecule has 1 saturated heterocycles. The van der Waals surface area contributed by atoms with Crippen LogP contribution in [0.5, 0.6) is 5.75 Å². The second kappa shape index (κ2) is 9.55. The Morgan fingerprint density at radius 2 is 1.94 bits per heavy atom. The van der Waals surface area contributed by atoms with E-state index >= 15 is 0 Å². The second-order valence-electron chi connectivity index (χ2n) is 8.11. The summed E-state index contributed by atoms with van der Waals surface area (Å²) in [6.45, 7) is 0.552. The second-order valence-corrected chi connectivity index (χ2v) is 8.50. The van der Waals surface area contributed by atoms with Gasteiger partial charge in [-0.25, -0.2) is 0 Å². The number of methoxy groups -OCH3 is 1. The predicted octanol–water partition coefficient (Wildman–Crippen LogP) is 5.43. The van der Waals surface area contributed by atoms with Crippen molar-refractivity contribution in [3.63, 3.8) is 0 Å². The van der Waals surface area contributed by atoms with Gasteiger partial charge in [0, 0.05) is 30.4 Å². The molecule has 0 radical (unpaired) electrons. The van der Waals surface area contributed by atoms with Gasteiger partial charge in [-0.1, -0.05) is 30.3 Å². The maximum Gasteiger partial charge on any atom is 0.270 e. The van der Waals surface area contributed by atoms with Crippen LogP contribution in [0.25, 0.3) is 11.3 Å². The van der Waals surface area contributed by atoms with E-state index in [0.29, 0.717) is 28.7 Å². The van der Waals surface area contributed by atoms with Crippen LogP contribution in [0.1, 0.15) is 29.1 Å². The normalized spacial score (nSPS) is 17.3. The van der Waals surface area contributed by atoms with Gasteiger partial charge in [-0.2, -0.15) is 0 Å². The Balaban J connectivity index is 1.51. The Hall–Kier alpha value is -4.24. The Morgan fingerprint density at radius 3 is 2.66 bits per heavy atom. The van der Waals surface area contributed by atoms with Crippen molar-refractivity contribution in [3.8, 4) is 17.1 Å². The number of hydrogen-bond donors (Lipinski definition) is 1. The fourth-order valence-corrected chi connectivity index (χ4v) is 4.56. The van der Waals surface area contributed by atoms with Crippen molar-refractivity contribution >= 4 is 23.0 Å². The van der Waals surface area contributed by atoms with Gasteiger partial charge in [0.1, 0.15) is 23.3 Å². The van der Waals surface area contributed by atoms with Crippen molar-refractivity contribution in [1.29, 1.82) is 0 Å². The van der Waals surface area contributed by atoms with Gasteiger partial charge in [0.2, 0.25) is 0 Å². The highest BCUT2D eigenvalue weighted by Crippen LogP contribution is 2.41. The van der Waals surface area contributed by atoms with Crippen molar-refractivity contribution in [3.05, 3.63) is 112 Å². The fraction of sp³-hybridized carbons (Fsp3) is 0.154. The highest BCUT2D eigenvalue weighted by Gasteiger charge is 2.41. The first-order chi connectivity index (χ1) is 17.0. The molecule has 0 bridgehead atoms. The lowest BCUT2D eigenvalue weighted by Crippen LogP contribution is -2.29. The molecule has 2 aromatic heterocycles. The third kappa shape index (κ3) is 4.58. The van der Waals surface area contributed by atoms with Crippen LogP contribution in [-0.2, 0) is 6.54 Å². The van der Waals surface area contributed by atoms with Gasteiger partial charge in [-0.15, -0.1) is 0 Å². The van der Waals surface area contributed by atoms with Gasteiger partial charge in [-0.05, 0) is 54.2 Å². The van der Waals surface area contributed by atoms with Crippen LogP contribution in [0.2, 0.25) is 0 Å². The summed E-state index contributed by atoms with van der Waals surface area (Å²) < 4.78 is 11.6. The Bertz CT molecular complexity index is 1360. The highest BCUT2D eigenvalue weighted by atomic mass is 32.1. The number of nitro groups is 1. The number of nitrogens with one attached hydrogen (secondary N) is 1. The van der Waals surface area contributed by atoms with E-state index in [1.807, 2.05) is 54.6 Å². The van der Waals surface area contributed by atoms with Crippen LogP contribution in [0.15, 0.2) is 89.5 Å². The first kappa shape index (κ1) is 22.5. The largest absolute Gasteiger partial charge is 0.497 e.